The normalized spacial score (nSPS) is 20.1. The highest BCUT2D eigenvalue weighted by atomic mass is 19.1. The van der Waals surface area contributed by atoms with Crippen LogP contribution in [-0.2, 0) is 9.53 Å². The lowest BCUT2D eigenvalue weighted by Crippen LogP contribution is -2.19. The molecule has 0 unspecified atom stereocenters. The van der Waals surface area contributed by atoms with E-state index in [-0.39, 0.29) is 12.0 Å². The lowest BCUT2D eigenvalue weighted by atomic mass is 9.72. The first kappa shape index (κ1) is 16.7. The molecule has 0 aliphatic heterocycles. The fourth-order valence-electron chi connectivity index (χ4n) is 2.65. The van der Waals surface area contributed by atoms with Crippen molar-refractivity contribution in [3.63, 3.8) is 0 Å². The number of carbonyl (C=O) groups excluding carboxylic acids is 1. The minimum atomic E-state index is -0.886. The van der Waals surface area contributed by atoms with Crippen molar-refractivity contribution in [2.75, 3.05) is 6.61 Å². The predicted molar refractivity (Wildman–Crippen MR) is 79.9 cm³/mol. The van der Waals surface area contributed by atoms with E-state index in [1.54, 1.807) is 19.9 Å². The largest absolute Gasteiger partial charge is 0.461 e. The van der Waals surface area contributed by atoms with Crippen LogP contribution in [-0.4, -0.2) is 12.6 Å². The zero-order valence-electron chi connectivity index (χ0n) is 13.2. The predicted octanol–water partition coefficient (Wildman–Crippen LogP) is 4.88. The Kier molecular flexibility index (Phi) is 5.73. The van der Waals surface area contributed by atoms with Crippen molar-refractivity contribution in [1.82, 2.24) is 0 Å². The molecule has 0 aromatic heterocycles. The molecule has 0 atom stereocenters. The zero-order valence-corrected chi connectivity index (χ0v) is 13.2. The number of ether oxygens (including phenoxy) is 1. The molecule has 0 saturated heterocycles. The molecule has 0 heterocycles. The molecule has 0 amide bonds. The van der Waals surface area contributed by atoms with Gasteiger partial charge < -0.3 is 4.74 Å². The van der Waals surface area contributed by atoms with Gasteiger partial charge in [0.05, 0.1) is 6.61 Å². The van der Waals surface area contributed by atoms with Crippen LogP contribution in [0.1, 0.15) is 53.9 Å². The van der Waals surface area contributed by atoms with Crippen molar-refractivity contribution in [3.8, 4) is 0 Å². The summed E-state index contributed by atoms with van der Waals surface area (Å²) in [7, 11) is 0. The summed E-state index contributed by atoms with van der Waals surface area (Å²) in [6.45, 7) is 9.97. The van der Waals surface area contributed by atoms with Gasteiger partial charge in [-0.25, -0.2) is 4.79 Å². The molecule has 0 fully saturated rings. The highest BCUT2D eigenvalue weighted by Crippen LogP contribution is 2.40. The second-order valence-corrected chi connectivity index (χ2v) is 5.98. The fraction of sp³-hybridized carbons (Fsp3) is 0.588. The standard InChI is InChI=1S/C17H25FO2/c1-6-20-16(19)15(18)13(3)9-10-14-12(2)8-7-11-17(14,4)5/h9-10H,6-8,11H2,1-5H3/b10-9+,15-13-. The van der Waals surface area contributed by atoms with Crippen molar-refractivity contribution in [2.45, 2.75) is 53.9 Å². The van der Waals surface area contributed by atoms with Crippen molar-refractivity contribution in [2.24, 2.45) is 5.41 Å². The molecular formula is C17H25FO2. The fourth-order valence-corrected chi connectivity index (χ4v) is 2.65. The van der Waals surface area contributed by atoms with Crippen LogP contribution < -0.4 is 0 Å². The van der Waals surface area contributed by atoms with Gasteiger partial charge in [0.15, 0.2) is 0 Å². The van der Waals surface area contributed by atoms with Gasteiger partial charge >= 0.3 is 5.97 Å². The summed E-state index contributed by atoms with van der Waals surface area (Å²) in [5, 5.41) is 0. The van der Waals surface area contributed by atoms with Gasteiger partial charge in [0, 0.05) is 0 Å². The summed E-state index contributed by atoms with van der Waals surface area (Å²) >= 11 is 0. The number of allylic oxidation sites excluding steroid dienone is 5. The molecule has 2 nitrogen and oxygen atoms in total. The maximum Gasteiger partial charge on any atom is 0.367 e. The maximum atomic E-state index is 13.8. The molecule has 1 rings (SSSR count). The summed E-state index contributed by atoms with van der Waals surface area (Å²) in [5.74, 6) is -1.70. The van der Waals surface area contributed by atoms with Crippen LogP contribution in [0.3, 0.4) is 0 Å². The van der Waals surface area contributed by atoms with E-state index in [4.69, 9.17) is 0 Å². The Hall–Kier alpha value is -1.38. The Morgan fingerprint density at radius 1 is 1.45 bits per heavy atom. The summed E-state index contributed by atoms with van der Waals surface area (Å²) in [6.07, 6.45) is 7.04. The van der Waals surface area contributed by atoms with E-state index in [9.17, 15) is 9.18 Å². The first-order chi connectivity index (χ1) is 9.29. The molecule has 0 aromatic rings. The smallest absolute Gasteiger partial charge is 0.367 e. The minimum Gasteiger partial charge on any atom is -0.461 e. The SMILES string of the molecule is CCOC(=O)/C(F)=C(C)/C=C/C1=C(C)CCCC1(C)C. The monoisotopic (exact) mass is 280 g/mol. The van der Waals surface area contributed by atoms with Gasteiger partial charge in [-0.05, 0) is 56.6 Å². The number of halogens is 1. The van der Waals surface area contributed by atoms with E-state index < -0.39 is 11.8 Å². The molecule has 0 N–H and O–H groups in total. The molecule has 0 saturated carbocycles. The molecule has 0 aromatic carbocycles. The van der Waals surface area contributed by atoms with Crippen molar-refractivity contribution in [3.05, 3.63) is 34.7 Å². The molecule has 0 radical (unpaired) electrons. The second-order valence-electron chi connectivity index (χ2n) is 5.98. The third kappa shape index (κ3) is 4.06. The summed E-state index contributed by atoms with van der Waals surface area (Å²) in [6, 6.07) is 0. The number of rotatable bonds is 4. The Balaban J connectivity index is 2.96. The van der Waals surface area contributed by atoms with Crippen LogP contribution in [0.5, 0.6) is 0 Å². The van der Waals surface area contributed by atoms with E-state index in [2.05, 4.69) is 25.5 Å². The van der Waals surface area contributed by atoms with Crippen molar-refractivity contribution in [1.29, 1.82) is 0 Å². The molecule has 0 spiro atoms. The quantitative estimate of drug-likeness (QED) is 0.417. The number of carbonyl (C=O) groups is 1. The number of esters is 1. The lowest BCUT2D eigenvalue weighted by molar-refractivity contribution is -0.140. The third-order valence-corrected chi connectivity index (χ3v) is 3.84. The average molecular weight is 280 g/mol. The van der Waals surface area contributed by atoms with Crippen molar-refractivity contribution < 1.29 is 13.9 Å². The Morgan fingerprint density at radius 3 is 2.65 bits per heavy atom. The van der Waals surface area contributed by atoms with Crippen LogP contribution in [0.15, 0.2) is 34.7 Å². The number of hydrogen-bond donors (Lipinski definition) is 0. The van der Waals surface area contributed by atoms with Gasteiger partial charge in [0.1, 0.15) is 0 Å². The highest BCUT2D eigenvalue weighted by Gasteiger charge is 2.26. The van der Waals surface area contributed by atoms with E-state index in [1.807, 2.05) is 6.08 Å². The average Bonchev–Trinajstić information content (AvgIpc) is 2.36. The number of hydrogen-bond acceptors (Lipinski definition) is 2. The van der Waals surface area contributed by atoms with Gasteiger partial charge in [-0.2, -0.15) is 4.39 Å². The van der Waals surface area contributed by atoms with Crippen LogP contribution in [0, 0.1) is 5.41 Å². The van der Waals surface area contributed by atoms with Gasteiger partial charge in [-0.1, -0.05) is 31.6 Å². The first-order valence-electron chi connectivity index (χ1n) is 7.21. The van der Waals surface area contributed by atoms with Crippen LogP contribution >= 0.6 is 0 Å². The van der Waals surface area contributed by atoms with Gasteiger partial charge in [0.25, 0.3) is 0 Å². The van der Waals surface area contributed by atoms with E-state index in [1.165, 1.54) is 17.6 Å². The summed E-state index contributed by atoms with van der Waals surface area (Å²) in [5.41, 5.74) is 3.02. The van der Waals surface area contributed by atoms with Crippen LogP contribution in [0.2, 0.25) is 0 Å². The lowest BCUT2D eigenvalue weighted by Gasteiger charge is -2.32. The molecule has 1 aliphatic carbocycles. The van der Waals surface area contributed by atoms with Crippen LogP contribution in [0.4, 0.5) is 4.39 Å². The molecule has 1 aliphatic rings. The minimum absolute atomic E-state index is 0.111. The topological polar surface area (TPSA) is 26.3 Å². The van der Waals surface area contributed by atoms with Gasteiger partial charge in [-0.3, -0.25) is 0 Å². The summed E-state index contributed by atoms with van der Waals surface area (Å²) < 4.78 is 18.4. The zero-order chi connectivity index (χ0) is 15.3. The maximum absolute atomic E-state index is 13.8. The Morgan fingerprint density at radius 2 is 2.10 bits per heavy atom. The Bertz CT molecular complexity index is 467. The molecule has 3 heteroatoms. The molecular weight excluding hydrogens is 255 g/mol. The van der Waals surface area contributed by atoms with Gasteiger partial charge in [-0.15, -0.1) is 0 Å². The van der Waals surface area contributed by atoms with E-state index >= 15 is 0 Å². The molecule has 112 valence electrons. The van der Waals surface area contributed by atoms with Crippen LogP contribution in [0.25, 0.3) is 0 Å². The van der Waals surface area contributed by atoms with E-state index in [0.717, 1.165) is 12.8 Å². The Labute approximate surface area is 121 Å². The first-order valence-corrected chi connectivity index (χ1v) is 7.21. The second kappa shape index (κ2) is 6.87. The molecule has 0 bridgehead atoms. The highest BCUT2D eigenvalue weighted by molar-refractivity contribution is 5.87. The van der Waals surface area contributed by atoms with Gasteiger partial charge in [0.2, 0.25) is 5.83 Å². The molecule has 20 heavy (non-hydrogen) atoms. The summed E-state index contributed by atoms with van der Waals surface area (Å²) in [4.78, 5) is 11.3. The van der Waals surface area contributed by atoms with Crippen molar-refractivity contribution >= 4 is 5.97 Å². The third-order valence-electron chi connectivity index (χ3n) is 3.84. The van der Waals surface area contributed by atoms with E-state index in [0.29, 0.717) is 5.57 Å².